The van der Waals surface area contributed by atoms with Crippen LogP contribution >= 0.6 is 11.3 Å². The maximum absolute atomic E-state index is 12.8. The third-order valence-electron chi connectivity index (χ3n) is 5.45. The number of hydrogen-bond donors (Lipinski definition) is 2. The van der Waals surface area contributed by atoms with Crippen LogP contribution in [-0.2, 0) is 26.7 Å². The number of thiazole rings is 1. The second-order valence-corrected chi connectivity index (χ2v) is 10.7. The molecule has 2 amide bonds. The van der Waals surface area contributed by atoms with Crippen molar-refractivity contribution < 1.29 is 18.0 Å². The summed E-state index contributed by atoms with van der Waals surface area (Å²) in [6.45, 7) is 3.71. The number of anilines is 2. The van der Waals surface area contributed by atoms with Crippen LogP contribution in [0.1, 0.15) is 25.6 Å². The average Bonchev–Trinajstić information content (AvgIpc) is 3.29. The van der Waals surface area contributed by atoms with Gasteiger partial charge in [0.2, 0.25) is 11.8 Å². The van der Waals surface area contributed by atoms with E-state index in [1.807, 2.05) is 6.07 Å². The van der Waals surface area contributed by atoms with Gasteiger partial charge in [0, 0.05) is 44.9 Å². The molecule has 0 atom stereocenters. The van der Waals surface area contributed by atoms with Crippen molar-refractivity contribution in [1.82, 2.24) is 18.8 Å². The van der Waals surface area contributed by atoms with E-state index in [1.54, 1.807) is 30.7 Å². The Labute approximate surface area is 189 Å². The highest BCUT2D eigenvalue weighted by atomic mass is 32.2. The third kappa shape index (κ3) is 4.52. The first-order chi connectivity index (χ1) is 15.1. The molecular weight excluding hydrogens is 452 g/mol. The highest BCUT2D eigenvalue weighted by Crippen LogP contribution is 2.29. The van der Waals surface area contributed by atoms with Gasteiger partial charge in [0.15, 0.2) is 10.2 Å². The van der Waals surface area contributed by atoms with Gasteiger partial charge in [-0.15, -0.1) is 0 Å². The Hall–Kier alpha value is -2.83. The molecule has 32 heavy (non-hydrogen) atoms. The Morgan fingerprint density at radius 1 is 1.16 bits per heavy atom. The first-order valence-electron chi connectivity index (χ1n) is 10.1. The Kier molecular flexibility index (Phi) is 6.01. The number of carbonyl (C=O) groups is 2. The number of nitrogens with one attached hydrogen (secondary N) is 2. The summed E-state index contributed by atoms with van der Waals surface area (Å²) < 4.78 is 29.6. The van der Waals surface area contributed by atoms with Crippen molar-refractivity contribution in [3.8, 4) is 0 Å². The number of nitrogens with zero attached hydrogens (tertiary/aromatic N) is 4. The zero-order chi connectivity index (χ0) is 23.0. The van der Waals surface area contributed by atoms with E-state index in [2.05, 4.69) is 20.6 Å². The number of aromatic nitrogens is 3. The molecule has 1 aromatic carbocycles. The number of carbonyl (C=O) groups excluding carboxylic acids is 2. The van der Waals surface area contributed by atoms with Crippen LogP contribution in [0.3, 0.4) is 0 Å². The first-order valence-corrected chi connectivity index (χ1v) is 12.4. The molecule has 3 aromatic rings. The monoisotopic (exact) mass is 476 g/mol. The van der Waals surface area contributed by atoms with Crippen molar-refractivity contribution in [1.29, 1.82) is 0 Å². The molecule has 1 saturated heterocycles. The molecule has 0 saturated carbocycles. The molecule has 0 radical (unpaired) electrons. The van der Waals surface area contributed by atoms with Crippen molar-refractivity contribution in [3.05, 3.63) is 30.2 Å². The van der Waals surface area contributed by atoms with E-state index in [9.17, 15) is 18.0 Å². The van der Waals surface area contributed by atoms with E-state index >= 15 is 0 Å². The van der Waals surface area contributed by atoms with Crippen molar-refractivity contribution in [2.24, 2.45) is 13.0 Å². The molecule has 0 spiro atoms. The second kappa shape index (κ2) is 8.60. The Morgan fingerprint density at radius 3 is 2.50 bits per heavy atom. The molecule has 0 unspecified atom stereocenters. The molecule has 0 aliphatic carbocycles. The quantitative estimate of drug-likeness (QED) is 0.582. The van der Waals surface area contributed by atoms with Crippen molar-refractivity contribution in [3.63, 3.8) is 0 Å². The largest absolute Gasteiger partial charge is 0.337 e. The van der Waals surface area contributed by atoms with Gasteiger partial charge in [0.05, 0.1) is 10.2 Å². The van der Waals surface area contributed by atoms with E-state index in [4.69, 9.17) is 0 Å². The van der Waals surface area contributed by atoms with Crippen LogP contribution in [0.5, 0.6) is 0 Å². The fourth-order valence-electron chi connectivity index (χ4n) is 3.59. The van der Waals surface area contributed by atoms with Gasteiger partial charge < -0.3 is 15.2 Å². The first kappa shape index (κ1) is 22.4. The van der Waals surface area contributed by atoms with Crippen molar-refractivity contribution >= 4 is 54.2 Å². The number of piperidine rings is 1. The normalized spacial score (nSPS) is 15.7. The number of benzene rings is 1. The van der Waals surface area contributed by atoms with Gasteiger partial charge in [-0.2, -0.15) is 4.31 Å². The Balaban J connectivity index is 1.38. The predicted molar refractivity (Wildman–Crippen MR) is 122 cm³/mol. The predicted octanol–water partition coefficient (Wildman–Crippen LogP) is 2.34. The highest BCUT2D eigenvalue weighted by Gasteiger charge is 2.33. The summed E-state index contributed by atoms with van der Waals surface area (Å²) in [6, 6.07) is 5.37. The van der Waals surface area contributed by atoms with Gasteiger partial charge in [-0.1, -0.05) is 11.3 Å². The minimum atomic E-state index is -3.67. The van der Waals surface area contributed by atoms with Crippen LogP contribution in [0.2, 0.25) is 0 Å². The number of hydrogen-bond acceptors (Lipinski definition) is 7. The van der Waals surface area contributed by atoms with Crippen LogP contribution in [-0.4, -0.2) is 52.2 Å². The SMILES string of the molecule is CC(=O)Nc1nc2ccc(NC(=O)C3CCN(S(=O)(=O)c4cn(C)c(C)n4)CC3)cc2s1. The zero-order valence-electron chi connectivity index (χ0n) is 18.0. The summed E-state index contributed by atoms with van der Waals surface area (Å²) in [6.07, 6.45) is 2.38. The maximum Gasteiger partial charge on any atom is 0.262 e. The minimum absolute atomic E-state index is 0.0388. The van der Waals surface area contributed by atoms with Crippen molar-refractivity contribution in [2.75, 3.05) is 23.7 Å². The molecule has 170 valence electrons. The van der Waals surface area contributed by atoms with Crippen LogP contribution in [0, 0.1) is 12.8 Å². The molecule has 4 rings (SSSR count). The van der Waals surface area contributed by atoms with Gasteiger partial charge in [-0.3, -0.25) is 9.59 Å². The van der Waals surface area contributed by atoms with Crippen LogP contribution in [0.25, 0.3) is 10.2 Å². The topological polar surface area (TPSA) is 126 Å². The third-order valence-corrected chi connectivity index (χ3v) is 8.16. The summed E-state index contributed by atoms with van der Waals surface area (Å²) in [5, 5.41) is 6.12. The standard InChI is InChI=1S/C20H24N6O4S2/c1-12-21-18(11-25(12)3)32(29,30)26-8-6-14(7-9-26)19(28)23-15-4-5-16-17(10-15)31-20(24-16)22-13(2)27/h4-5,10-11,14H,6-9H2,1-3H3,(H,23,28)(H,22,24,27). The van der Waals surface area contributed by atoms with Gasteiger partial charge in [0.25, 0.3) is 10.0 Å². The molecule has 1 fully saturated rings. The van der Waals surface area contributed by atoms with E-state index < -0.39 is 10.0 Å². The lowest BCUT2D eigenvalue weighted by atomic mass is 9.97. The number of aryl methyl sites for hydroxylation is 2. The van der Waals surface area contributed by atoms with Gasteiger partial charge >= 0.3 is 0 Å². The zero-order valence-corrected chi connectivity index (χ0v) is 19.6. The van der Waals surface area contributed by atoms with Crippen molar-refractivity contribution in [2.45, 2.75) is 31.7 Å². The number of rotatable bonds is 5. The smallest absolute Gasteiger partial charge is 0.262 e. The lowest BCUT2D eigenvalue weighted by Gasteiger charge is -2.29. The molecule has 2 aromatic heterocycles. The molecule has 12 heteroatoms. The van der Waals surface area contributed by atoms with Crippen LogP contribution in [0.15, 0.2) is 29.4 Å². The Morgan fingerprint density at radius 2 is 1.88 bits per heavy atom. The fourth-order valence-corrected chi connectivity index (χ4v) is 6.04. The van der Waals surface area contributed by atoms with Gasteiger partial charge in [-0.05, 0) is 38.0 Å². The Bertz CT molecular complexity index is 1270. The van der Waals surface area contributed by atoms with Crippen LogP contribution in [0.4, 0.5) is 10.8 Å². The molecular formula is C20H24N6O4S2. The number of amides is 2. The lowest BCUT2D eigenvalue weighted by Crippen LogP contribution is -2.41. The molecule has 10 nitrogen and oxygen atoms in total. The minimum Gasteiger partial charge on any atom is -0.337 e. The number of fused-ring (bicyclic) bond motifs is 1. The van der Waals surface area contributed by atoms with Gasteiger partial charge in [0.1, 0.15) is 5.82 Å². The summed E-state index contributed by atoms with van der Waals surface area (Å²) in [4.78, 5) is 32.4. The van der Waals surface area contributed by atoms with Crippen LogP contribution < -0.4 is 10.6 Å². The molecule has 0 bridgehead atoms. The highest BCUT2D eigenvalue weighted by molar-refractivity contribution is 7.89. The molecule has 3 heterocycles. The molecule has 1 aliphatic rings. The molecule has 1 aliphatic heterocycles. The summed E-state index contributed by atoms with van der Waals surface area (Å²) in [5.74, 6) is 0.0183. The van der Waals surface area contributed by atoms with E-state index in [0.29, 0.717) is 29.5 Å². The molecule has 2 N–H and O–H groups in total. The lowest BCUT2D eigenvalue weighted by molar-refractivity contribution is -0.121. The summed E-state index contributed by atoms with van der Waals surface area (Å²) >= 11 is 1.33. The summed E-state index contributed by atoms with van der Waals surface area (Å²) in [5.41, 5.74) is 1.37. The summed E-state index contributed by atoms with van der Waals surface area (Å²) in [7, 11) is -1.92. The number of imidazole rings is 1. The second-order valence-electron chi connectivity index (χ2n) is 7.79. The average molecular weight is 477 g/mol. The van der Waals surface area contributed by atoms with Gasteiger partial charge in [-0.25, -0.2) is 18.4 Å². The maximum atomic E-state index is 12.8. The van der Waals surface area contributed by atoms with E-state index in [1.165, 1.54) is 28.8 Å². The van der Waals surface area contributed by atoms with E-state index in [-0.39, 0.29) is 35.8 Å². The van der Waals surface area contributed by atoms with E-state index in [0.717, 1.165) is 10.2 Å². The fraction of sp³-hybridized carbons (Fsp3) is 0.400. The number of sulfonamides is 1.